The summed E-state index contributed by atoms with van der Waals surface area (Å²) in [4.78, 5) is 2.56. The molecule has 0 atom stereocenters. The lowest BCUT2D eigenvalue weighted by Gasteiger charge is -2.24. The molecule has 0 aliphatic heterocycles. The van der Waals surface area contributed by atoms with E-state index in [0.717, 1.165) is 12.6 Å². The van der Waals surface area contributed by atoms with Crippen LogP contribution in [0.25, 0.3) is 0 Å². The van der Waals surface area contributed by atoms with Crippen molar-refractivity contribution in [1.82, 2.24) is 5.32 Å². The first-order valence-corrected chi connectivity index (χ1v) is 6.35. The summed E-state index contributed by atoms with van der Waals surface area (Å²) in [5.41, 5.74) is 2.75. The van der Waals surface area contributed by atoms with Crippen molar-refractivity contribution in [2.24, 2.45) is 0 Å². The molecule has 0 amide bonds. The summed E-state index contributed by atoms with van der Waals surface area (Å²) in [5, 5.41) is 3.18. The molecule has 0 unspecified atom stereocenters. The highest BCUT2D eigenvalue weighted by molar-refractivity contribution is 5.49. The Morgan fingerprint density at radius 3 is 2.44 bits per heavy atom. The van der Waals surface area contributed by atoms with Crippen LogP contribution in [0.15, 0.2) is 24.3 Å². The van der Waals surface area contributed by atoms with Gasteiger partial charge in [0.1, 0.15) is 0 Å². The van der Waals surface area contributed by atoms with Gasteiger partial charge in [-0.25, -0.2) is 0 Å². The van der Waals surface area contributed by atoms with Gasteiger partial charge in [0.25, 0.3) is 0 Å². The predicted molar refractivity (Wildman–Crippen MR) is 69.9 cm³/mol. The van der Waals surface area contributed by atoms with E-state index >= 15 is 0 Å². The van der Waals surface area contributed by atoms with Gasteiger partial charge in [-0.15, -0.1) is 0 Å². The Labute approximate surface area is 98.7 Å². The highest BCUT2D eigenvalue weighted by Crippen LogP contribution is 2.31. The molecule has 2 nitrogen and oxygen atoms in total. The molecule has 1 N–H and O–H groups in total. The molecule has 0 bridgehead atoms. The average molecular weight is 218 g/mol. The first kappa shape index (κ1) is 11.5. The van der Waals surface area contributed by atoms with E-state index in [1.54, 1.807) is 0 Å². The van der Waals surface area contributed by atoms with Crippen molar-refractivity contribution in [1.29, 1.82) is 0 Å². The van der Waals surface area contributed by atoms with Crippen molar-refractivity contribution < 1.29 is 0 Å². The van der Waals surface area contributed by atoms with Crippen LogP contribution in [0.5, 0.6) is 0 Å². The summed E-state index contributed by atoms with van der Waals surface area (Å²) in [6.07, 6.45) is 3.98. The zero-order chi connectivity index (χ0) is 11.4. The van der Waals surface area contributed by atoms with E-state index in [2.05, 4.69) is 41.4 Å². The maximum absolute atomic E-state index is 3.18. The standard InChI is InChI=1S/C14H22N2/c1-3-10-16(14-8-9-14)13-6-4-12(5-7-13)11-15-2/h4-7,14-15H,3,8-11H2,1-2H3. The van der Waals surface area contributed by atoms with Crippen LogP contribution in [0.3, 0.4) is 0 Å². The van der Waals surface area contributed by atoms with Crippen molar-refractivity contribution in [3.63, 3.8) is 0 Å². The van der Waals surface area contributed by atoms with Crippen LogP contribution >= 0.6 is 0 Å². The second-order valence-corrected chi connectivity index (χ2v) is 4.62. The second-order valence-electron chi connectivity index (χ2n) is 4.62. The topological polar surface area (TPSA) is 15.3 Å². The molecule has 1 aliphatic carbocycles. The molecule has 2 heteroatoms. The molecule has 88 valence electrons. The van der Waals surface area contributed by atoms with Crippen LogP contribution in [0.4, 0.5) is 5.69 Å². The van der Waals surface area contributed by atoms with Crippen LogP contribution < -0.4 is 10.2 Å². The second kappa shape index (κ2) is 5.35. The number of benzene rings is 1. The van der Waals surface area contributed by atoms with E-state index < -0.39 is 0 Å². The molecule has 1 aromatic rings. The maximum Gasteiger partial charge on any atom is 0.0368 e. The molecular weight excluding hydrogens is 196 g/mol. The summed E-state index contributed by atoms with van der Waals surface area (Å²) >= 11 is 0. The molecule has 0 aromatic heterocycles. The first-order valence-electron chi connectivity index (χ1n) is 6.35. The summed E-state index contributed by atoms with van der Waals surface area (Å²) in [5.74, 6) is 0. The molecule has 0 heterocycles. The lowest BCUT2D eigenvalue weighted by atomic mass is 10.2. The maximum atomic E-state index is 3.18. The van der Waals surface area contributed by atoms with Gasteiger partial charge in [0.15, 0.2) is 0 Å². The van der Waals surface area contributed by atoms with Gasteiger partial charge in [0.05, 0.1) is 0 Å². The number of rotatable bonds is 6. The summed E-state index contributed by atoms with van der Waals surface area (Å²) in [6, 6.07) is 9.81. The fraction of sp³-hybridized carbons (Fsp3) is 0.571. The third-order valence-electron chi connectivity index (χ3n) is 3.10. The average Bonchev–Trinajstić information content (AvgIpc) is 3.12. The van der Waals surface area contributed by atoms with Crippen molar-refractivity contribution in [2.45, 2.75) is 38.8 Å². The van der Waals surface area contributed by atoms with E-state index in [9.17, 15) is 0 Å². The fourth-order valence-electron chi connectivity index (χ4n) is 2.16. The molecule has 1 fully saturated rings. The van der Waals surface area contributed by atoms with Gasteiger partial charge in [0.2, 0.25) is 0 Å². The van der Waals surface area contributed by atoms with Crippen LogP contribution in [0.2, 0.25) is 0 Å². The van der Waals surface area contributed by atoms with Crippen molar-refractivity contribution >= 4 is 5.69 Å². The minimum Gasteiger partial charge on any atom is -0.369 e. The molecule has 1 aromatic carbocycles. The molecule has 0 radical (unpaired) electrons. The summed E-state index contributed by atoms with van der Waals surface area (Å²) in [6.45, 7) is 4.40. The van der Waals surface area contributed by atoms with E-state index in [4.69, 9.17) is 0 Å². The van der Waals surface area contributed by atoms with Gasteiger partial charge in [-0.1, -0.05) is 19.1 Å². The van der Waals surface area contributed by atoms with E-state index in [-0.39, 0.29) is 0 Å². The number of anilines is 1. The minimum atomic E-state index is 0.815. The van der Waals surface area contributed by atoms with Crippen LogP contribution in [0, 0.1) is 0 Å². The van der Waals surface area contributed by atoms with Gasteiger partial charge >= 0.3 is 0 Å². The third kappa shape index (κ3) is 2.76. The Bertz CT molecular complexity index is 314. The molecule has 0 spiro atoms. The van der Waals surface area contributed by atoms with E-state index in [0.29, 0.717) is 0 Å². The number of nitrogens with zero attached hydrogens (tertiary/aromatic N) is 1. The highest BCUT2D eigenvalue weighted by atomic mass is 15.2. The normalized spacial score (nSPS) is 15.1. The number of hydrogen-bond donors (Lipinski definition) is 1. The van der Waals surface area contributed by atoms with Crippen LogP contribution in [0.1, 0.15) is 31.7 Å². The highest BCUT2D eigenvalue weighted by Gasteiger charge is 2.28. The van der Waals surface area contributed by atoms with Crippen molar-refractivity contribution in [3.05, 3.63) is 29.8 Å². The molecule has 0 saturated heterocycles. The Morgan fingerprint density at radius 2 is 1.94 bits per heavy atom. The summed E-state index contributed by atoms with van der Waals surface area (Å²) < 4.78 is 0. The van der Waals surface area contributed by atoms with Crippen LogP contribution in [-0.2, 0) is 6.54 Å². The Balaban J connectivity index is 2.05. The number of nitrogens with one attached hydrogen (secondary N) is 1. The zero-order valence-corrected chi connectivity index (χ0v) is 10.4. The molecule has 1 saturated carbocycles. The lowest BCUT2D eigenvalue weighted by molar-refractivity contribution is 0.762. The quantitative estimate of drug-likeness (QED) is 0.790. The van der Waals surface area contributed by atoms with Gasteiger partial charge in [0, 0.05) is 24.8 Å². The van der Waals surface area contributed by atoms with Crippen molar-refractivity contribution in [3.8, 4) is 0 Å². The Kier molecular flexibility index (Phi) is 3.83. The van der Waals surface area contributed by atoms with Gasteiger partial charge in [-0.2, -0.15) is 0 Å². The predicted octanol–water partition coefficient (Wildman–Crippen LogP) is 2.78. The Morgan fingerprint density at radius 1 is 1.25 bits per heavy atom. The smallest absolute Gasteiger partial charge is 0.0368 e. The number of hydrogen-bond acceptors (Lipinski definition) is 2. The Hall–Kier alpha value is -1.02. The monoisotopic (exact) mass is 218 g/mol. The minimum absolute atomic E-state index is 0.815. The molecular formula is C14H22N2. The first-order chi connectivity index (χ1) is 7.85. The van der Waals surface area contributed by atoms with Gasteiger partial charge in [-0.3, -0.25) is 0 Å². The van der Waals surface area contributed by atoms with Gasteiger partial charge in [-0.05, 0) is 44.0 Å². The molecule has 2 rings (SSSR count). The lowest BCUT2D eigenvalue weighted by Crippen LogP contribution is -2.26. The van der Waals surface area contributed by atoms with Gasteiger partial charge < -0.3 is 10.2 Å². The third-order valence-corrected chi connectivity index (χ3v) is 3.10. The van der Waals surface area contributed by atoms with Crippen LogP contribution in [-0.4, -0.2) is 19.6 Å². The SMILES string of the molecule is CCCN(c1ccc(CNC)cc1)C1CC1. The largest absolute Gasteiger partial charge is 0.369 e. The van der Waals surface area contributed by atoms with Crippen molar-refractivity contribution in [2.75, 3.05) is 18.5 Å². The van der Waals surface area contributed by atoms with E-state index in [1.165, 1.54) is 37.1 Å². The fourth-order valence-corrected chi connectivity index (χ4v) is 2.16. The summed E-state index contributed by atoms with van der Waals surface area (Å²) in [7, 11) is 1.99. The molecule has 16 heavy (non-hydrogen) atoms. The molecule has 1 aliphatic rings. The van der Waals surface area contributed by atoms with E-state index in [1.807, 2.05) is 7.05 Å². The zero-order valence-electron chi connectivity index (χ0n) is 10.4.